The fourth-order valence-electron chi connectivity index (χ4n) is 4.21. The van der Waals surface area contributed by atoms with E-state index in [1.54, 1.807) is 6.26 Å². The molecule has 4 rings (SSSR count). The molecule has 132 valence electrons. The molecule has 2 aliphatic heterocycles. The number of carbonyl (C=O) groups is 1. The van der Waals surface area contributed by atoms with Crippen LogP contribution in [0.1, 0.15) is 18.6 Å². The molecule has 1 amide bonds. The van der Waals surface area contributed by atoms with Crippen LogP contribution in [0.3, 0.4) is 0 Å². The zero-order valence-corrected chi connectivity index (χ0v) is 14.3. The Morgan fingerprint density at radius 2 is 1.96 bits per heavy atom. The quantitative estimate of drug-likeness (QED) is 0.929. The van der Waals surface area contributed by atoms with Gasteiger partial charge in [0, 0.05) is 37.4 Å². The molecule has 1 aromatic heterocycles. The summed E-state index contributed by atoms with van der Waals surface area (Å²) in [7, 11) is 0. The molecule has 5 nitrogen and oxygen atoms in total. The number of nitrogens with one attached hydrogen (secondary N) is 1. The monoisotopic (exact) mass is 340 g/mol. The van der Waals surface area contributed by atoms with E-state index in [2.05, 4.69) is 10.2 Å². The average Bonchev–Trinajstić information content (AvgIpc) is 3.25. The van der Waals surface area contributed by atoms with Gasteiger partial charge in [-0.1, -0.05) is 18.2 Å². The lowest BCUT2D eigenvalue weighted by Crippen LogP contribution is -2.42. The van der Waals surface area contributed by atoms with Gasteiger partial charge in [-0.05, 0) is 37.1 Å². The molecule has 3 heterocycles. The Morgan fingerprint density at radius 3 is 2.68 bits per heavy atom. The molecule has 25 heavy (non-hydrogen) atoms. The molecular formula is C20H24N2O3. The van der Waals surface area contributed by atoms with E-state index in [0.717, 1.165) is 57.1 Å². The molecule has 0 unspecified atom stereocenters. The molecular weight excluding hydrogens is 316 g/mol. The van der Waals surface area contributed by atoms with Crippen LogP contribution in [0.5, 0.6) is 0 Å². The van der Waals surface area contributed by atoms with Gasteiger partial charge in [0.25, 0.3) is 0 Å². The van der Waals surface area contributed by atoms with Gasteiger partial charge in [0.15, 0.2) is 0 Å². The summed E-state index contributed by atoms with van der Waals surface area (Å²) in [5.74, 6) is 1.05. The summed E-state index contributed by atoms with van der Waals surface area (Å²) >= 11 is 0. The van der Waals surface area contributed by atoms with Gasteiger partial charge in [0.1, 0.15) is 5.76 Å². The smallest absolute Gasteiger partial charge is 0.229 e. The fraction of sp³-hybridized carbons (Fsp3) is 0.450. The Morgan fingerprint density at radius 1 is 1.16 bits per heavy atom. The SMILES string of the molecule is O=C(Nc1ccccc1)[C@@H]1CN(Cc2ccco2)CC12CCOCC2. The lowest BCUT2D eigenvalue weighted by molar-refractivity contribution is -0.124. The van der Waals surface area contributed by atoms with E-state index >= 15 is 0 Å². The van der Waals surface area contributed by atoms with E-state index in [9.17, 15) is 4.79 Å². The Hall–Kier alpha value is -2.11. The number of hydrogen-bond donors (Lipinski definition) is 1. The van der Waals surface area contributed by atoms with Crippen LogP contribution in [0.4, 0.5) is 5.69 Å². The number of benzene rings is 1. The lowest BCUT2D eigenvalue weighted by Gasteiger charge is -2.37. The molecule has 1 N–H and O–H groups in total. The third-order valence-electron chi connectivity index (χ3n) is 5.52. The van der Waals surface area contributed by atoms with Crippen LogP contribution in [0, 0.1) is 11.3 Å². The highest BCUT2D eigenvalue weighted by Gasteiger charge is 2.50. The fourth-order valence-corrected chi connectivity index (χ4v) is 4.21. The molecule has 2 aliphatic rings. The van der Waals surface area contributed by atoms with Crippen molar-refractivity contribution >= 4 is 11.6 Å². The van der Waals surface area contributed by atoms with E-state index in [4.69, 9.17) is 9.15 Å². The second kappa shape index (κ2) is 7.02. The first kappa shape index (κ1) is 16.4. The molecule has 1 spiro atoms. The van der Waals surface area contributed by atoms with Crippen molar-refractivity contribution in [3.63, 3.8) is 0 Å². The Balaban J connectivity index is 1.51. The van der Waals surface area contributed by atoms with Crippen molar-refractivity contribution in [3.8, 4) is 0 Å². The van der Waals surface area contributed by atoms with Crippen molar-refractivity contribution in [2.24, 2.45) is 11.3 Å². The lowest BCUT2D eigenvalue weighted by atomic mass is 9.71. The predicted molar refractivity (Wildman–Crippen MR) is 95.0 cm³/mol. The standard InChI is InChI=1S/C20H24N2O3/c23-19(21-16-5-2-1-3-6-16)18-14-22(13-17-7-4-10-25-17)15-20(18)8-11-24-12-9-20/h1-7,10,18H,8-9,11-15H2,(H,21,23)/t18-/m0/s1. The van der Waals surface area contributed by atoms with Gasteiger partial charge < -0.3 is 14.5 Å². The van der Waals surface area contributed by atoms with Crippen molar-refractivity contribution in [1.29, 1.82) is 0 Å². The highest BCUT2D eigenvalue weighted by molar-refractivity contribution is 5.93. The number of furan rings is 1. The zero-order chi connectivity index (χ0) is 17.1. The molecule has 1 aromatic carbocycles. The van der Waals surface area contributed by atoms with Crippen molar-refractivity contribution in [2.45, 2.75) is 19.4 Å². The minimum absolute atomic E-state index is 0.00368. The maximum Gasteiger partial charge on any atom is 0.229 e. The summed E-state index contributed by atoms with van der Waals surface area (Å²) in [6.45, 7) is 3.92. The highest BCUT2D eigenvalue weighted by atomic mass is 16.5. The molecule has 1 atom stereocenters. The van der Waals surface area contributed by atoms with Crippen LogP contribution in [-0.2, 0) is 16.1 Å². The zero-order valence-electron chi connectivity index (χ0n) is 14.3. The number of rotatable bonds is 4. The molecule has 2 fully saturated rings. The van der Waals surface area contributed by atoms with Gasteiger partial charge in [-0.3, -0.25) is 9.69 Å². The third kappa shape index (κ3) is 3.48. The van der Waals surface area contributed by atoms with Gasteiger partial charge >= 0.3 is 0 Å². The second-order valence-corrected chi connectivity index (χ2v) is 7.13. The normalized spacial score (nSPS) is 23.0. The van der Waals surface area contributed by atoms with E-state index in [1.165, 1.54) is 0 Å². The summed E-state index contributed by atoms with van der Waals surface area (Å²) in [4.78, 5) is 15.4. The molecule has 0 bridgehead atoms. The number of likely N-dealkylation sites (tertiary alicyclic amines) is 1. The van der Waals surface area contributed by atoms with Crippen LogP contribution in [0.2, 0.25) is 0 Å². The third-order valence-corrected chi connectivity index (χ3v) is 5.52. The maximum atomic E-state index is 13.0. The first-order valence-corrected chi connectivity index (χ1v) is 8.94. The Bertz CT molecular complexity index is 693. The average molecular weight is 340 g/mol. The van der Waals surface area contributed by atoms with Gasteiger partial charge in [-0.2, -0.15) is 0 Å². The van der Waals surface area contributed by atoms with Crippen molar-refractivity contribution < 1.29 is 13.9 Å². The van der Waals surface area contributed by atoms with E-state index < -0.39 is 0 Å². The van der Waals surface area contributed by atoms with Gasteiger partial charge in [-0.25, -0.2) is 0 Å². The van der Waals surface area contributed by atoms with Crippen LogP contribution in [0.25, 0.3) is 0 Å². The number of ether oxygens (including phenoxy) is 1. The maximum absolute atomic E-state index is 13.0. The largest absolute Gasteiger partial charge is 0.468 e. The molecule has 5 heteroatoms. The molecule has 2 saturated heterocycles. The first-order valence-electron chi connectivity index (χ1n) is 8.94. The molecule has 0 radical (unpaired) electrons. The summed E-state index contributed by atoms with van der Waals surface area (Å²) in [6.07, 6.45) is 3.58. The predicted octanol–water partition coefficient (Wildman–Crippen LogP) is 3.15. The van der Waals surface area contributed by atoms with Crippen LogP contribution >= 0.6 is 0 Å². The van der Waals surface area contributed by atoms with E-state index in [-0.39, 0.29) is 17.2 Å². The second-order valence-electron chi connectivity index (χ2n) is 7.13. The van der Waals surface area contributed by atoms with Crippen LogP contribution in [-0.4, -0.2) is 37.1 Å². The Labute approximate surface area is 148 Å². The first-order chi connectivity index (χ1) is 12.3. The van der Waals surface area contributed by atoms with E-state index in [0.29, 0.717) is 0 Å². The molecule has 0 aliphatic carbocycles. The molecule has 2 aromatic rings. The van der Waals surface area contributed by atoms with E-state index in [1.807, 2.05) is 42.5 Å². The number of para-hydroxylation sites is 1. The minimum atomic E-state index is -0.0217. The minimum Gasteiger partial charge on any atom is -0.468 e. The summed E-state index contributed by atoms with van der Waals surface area (Å²) < 4.78 is 11.1. The molecule has 0 saturated carbocycles. The van der Waals surface area contributed by atoms with Crippen molar-refractivity contribution in [3.05, 3.63) is 54.5 Å². The topological polar surface area (TPSA) is 54.7 Å². The number of nitrogens with zero attached hydrogens (tertiary/aromatic N) is 1. The summed E-state index contributed by atoms with van der Waals surface area (Å²) in [5.41, 5.74) is 0.864. The van der Waals surface area contributed by atoms with Gasteiger partial charge in [-0.15, -0.1) is 0 Å². The summed E-state index contributed by atoms with van der Waals surface area (Å²) in [6, 6.07) is 13.6. The van der Waals surface area contributed by atoms with Crippen molar-refractivity contribution in [1.82, 2.24) is 4.90 Å². The summed E-state index contributed by atoms with van der Waals surface area (Å²) in [5, 5.41) is 3.10. The van der Waals surface area contributed by atoms with Gasteiger partial charge in [0.05, 0.1) is 18.7 Å². The van der Waals surface area contributed by atoms with Crippen LogP contribution < -0.4 is 5.32 Å². The van der Waals surface area contributed by atoms with Crippen LogP contribution in [0.15, 0.2) is 53.1 Å². The number of carbonyl (C=O) groups excluding carboxylic acids is 1. The number of amides is 1. The highest BCUT2D eigenvalue weighted by Crippen LogP contribution is 2.45. The number of hydrogen-bond acceptors (Lipinski definition) is 4. The van der Waals surface area contributed by atoms with Crippen molar-refractivity contribution in [2.75, 3.05) is 31.6 Å². The Kier molecular flexibility index (Phi) is 4.59. The van der Waals surface area contributed by atoms with Gasteiger partial charge in [0.2, 0.25) is 5.91 Å². The number of anilines is 1.